The molecule has 3 rings (SSSR count). The van der Waals surface area contributed by atoms with Crippen LogP contribution in [0.25, 0.3) is 10.2 Å². The first-order valence-corrected chi connectivity index (χ1v) is 8.10. The van der Waals surface area contributed by atoms with Crippen molar-refractivity contribution in [2.45, 2.75) is 45.7 Å². The molecule has 3 heterocycles. The maximum Gasteiger partial charge on any atom is 0.259 e. The molecule has 0 saturated carbocycles. The summed E-state index contributed by atoms with van der Waals surface area (Å²) in [5, 5.41) is 0.701. The standard InChI is InChI=1S/C15H19N3O2S/c1-9-10(2)21-15-13(9)14(20)16-12(17-15)7-18-6-4-3-5-11(18)8-19/h8,11H,3-7H2,1-2H3,(H,16,17,20). The van der Waals surface area contributed by atoms with E-state index in [0.717, 1.165) is 47.4 Å². The fraction of sp³-hybridized carbons (Fsp3) is 0.533. The zero-order valence-electron chi connectivity index (χ0n) is 12.3. The summed E-state index contributed by atoms with van der Waals surface area (Å²) in [5.41, 5.74) is 0.940. The Kier molecular flexibility index (Phi) is 3.91. The maximum absolute atomic E-state index is 12.2. The molecular weight excluding hydrogens is 286 g/mol. The average molecular weight is 305 g/mol. The number of aromatic nitrogens is 2. The lowest BCUT2D eigenvalue weighted by Gasteiger charge is -2.31. The molecule has 21 heavy (non-hydrogen) atoms. The summed E-state index contributed by atoms with van der Waals surface area (Å²) in [6, 6.07) is -0.0495. The van der Waals surface area contributed by atoms with E-state index in [2.05, 4.69) is 14.9 Å². The largest absolute Gasteiger partial charge is 0.309 e. The van der Waals surface area contributed by atoms with Gasteiger partial charge in [-0.25, -0.2) is 4.98 Å². The number of carbonyl (C=O) groups excluding carboxylic acids is 1. The number of aryl methyl sites for hydroxylation is 2. The Morgan fingerprint density at radius 2 is 2.24 bits per heavy atom. The Balaban J connectivity index is 1.94. The van der Waals surface area contributed by atoms with Gasteiger partial charge in [-0.3, -0.25) is 9.69 Å². The number of nitrogens with zero attached hydrogens (tertiary/aromatic N) is 2. The third-order valence-corrected chi connectivity index (χ3v) is 5.36. The number of H-pyrrole nitrogens is 1. The minimum Gasteiger partial charge on any atom is -0.309 e. The zero-order valence-corrected chi connectivity index (χ0v) is 13.1. The van der Waals surface area contributed by atoms with Gasteiger partial charge in [0.1, 0.15) is 16.9 Å². The van der Waals surface area contributed by atoms with Crippen LogP contribution in [-0.2, 0) is 11.3 Å². The second-order valence-electron chi connectivity index (χ2n) is 5.65. The predicted molar refractivity (Wildman–Crippen MR) is 83.8 cm³/mol. The highest BCUT2D eigenvalue weighted by atomic mass is 32.1. The highest BCUT2D eigenvalue weighted by Crippen LogP contribution is 2.26. The molecular formula is C15H19N3O2S. The molecule has 1 fully saturated rings. The van der Waals surface area contributed by atoms with Crippen LogP contribution < -0.4 is 5.56 Å². The number of fused-ring (bicyclic) bond motifs is 1. The maximum atomic E-state index is 12.2. The minimum atomic E-state index is -0.0727. The Morgan fingerprint density at radius 1 is 1.43 bits per heavy atom. The number of thiophene rings is 1. The van der Waals surface area contributed by atoms with Crippen molar-refractivity contribution < 1.29 is 4.79 Å². The number of piperidine rings is 1. The van der Waals surface area contributed by atoms with Crippen LogP contribution in [0.5, 0.6) is 0 Å². The van der Waals surface area contributed by atoms with E-state index >= 15 is 0 Å². The van der Waals surface area contributed by atoms with Gasteiger partial charge in [-0.15, -0.1) is 11.3 Å². The molecule has 2 aromatic rings. The van der Waals surface area contributed by atoms with Gasteiger partial charge >= 0.3 is 0 Å². The number of aldehydes is 1. The second kappa shape index (κ2) is 5.69. The number of aromatic amines is 1. The predicted octanol–water partition coefficient (Wildman–Crippen LogP) is 2.15. The first-order valence-electron chi connectivity index (χ1n) is 7.28. The Bertz CT molecular complexity index is 734. The minimum absolute atomic E-state index is 0.0495. The summed E-state index contributed by atoms with van der Waals surface area (Å²) >= 11 is 1.56. The normalized spacial score (nSPS) is 20.0. The van der Waals surface area contributed by atoms with Gasteiger partial charge in [-0.05, 0) is 38.8 Å². The molecule has 1 aliphatic heterocycles. The van der Waals surface area contributed by atoms with E-state index in [9.17, 15) is 9.59 Å². The first kappa shape index (κ1) is 14.4. The summed E-state index contributed by atoms with van der Waals surface area (Å²) < 4.78 is 0. The summed E-state index contributed by atoms with van der Waals surface area (Å²) in [5.74, 6) is 0.655. The third kappa shape index (κ3) is 2.65. The molecule has 1 atom stereocenters. The Hall–Kier alpha value is -1.53. The first-order chi connectivity index (χ1) is 10.1. The van der Waals surface area contributed by atoms with E-state index in [1.807, 2.05) is 13.8 Å². The van der Waals surface area contributed by atoms with Gasteiger partial charge in [-0.1, -0.05) is 6.42 Å². The Labute approximate surface area is 127 Å². The number of nitrogens with one attached hydrogen (secondary N) is 1. The number of likely N-dealkylation sites (tertiary alicyclic amines) is 1. The average Bonchev–Trinajstić information content (AvgIpc) is 2.75. The molecule has 1 saturated heterocycles. The van der Waals surface area contributed by atoms with Gasteiger partial charge in [0, 0.05) is 4.88 Å². The van der Waals surface area contributed by atoms with E-state index in [4.69, 9.17) is 0 Å². The second-order valence-corrected chi connectivity index (χ2v) is 6.85. The number of rotatable bonds is 3. The lowest BCUT2D eigenvalue weighted by atomic mass is 10.0. The molecule has 1 unspecified atom stereocenters. The van der Waals surface area contributed by atoms with Gasteiger partial charge in [0.05, 0.1) is 18.0 Å². The van der Waals surface area contributed by atoms with E-state index in [-0.39, 0.29) is 11.6 Å². The topological polar surface area (TPSA) is 66.1 Å². The third-order valence-electron chi connectivity index (χ3n) is 4.26. The van der Waals surface area contributed by atoms with E-state index in [1.54, 1.807) is 11.3 Å². The van der Waals surface area contributed by atoms with Crippen LogP contribution >= 0.6 is 11.3 Å². The molecule has 1 N–H and O–H groups in total. The van der Waals surface area contributed by atoms with Crippen LogP contribution in [0.2, 0.25) is 0 Å². The molecule has 0 aliphatic carbocycles. The lowest BCUT2D eigenvalue weighted by molar-refractivity contribution is -0.113. The smallest absolute Gasteiger partial charge is 0.259 e. The fourth-order valence-electron chi connectivity index (χ4n) is 2.93. The summed E-state index contributed by atoms with van der Waals surface area (Å²) in [6.45, 7) is 5.38. The highest BCUT2D eigenvalue weighted by Gasteiger charge is 2.23. The molecule has 0 spiro atoms. The van der Waals surface area contributed by atoms with Crippen molar-refractivity contribution in [2.75, 3.05) is 6.54 Å². The van der Waals surface area contributed by atoms with Crippen LogP contribution in [-0.4, -0.2) is 33.7 Å². The van der Waals surface area contributed by atoms with Crippen LogP contribution in [0.4, 0.5) is 0 Å². The van der Waals surface area contributed by atoms with E-state index in [0.29, 0.717) is 17.8 Å². The molecule has 0 radical (unpaired) electrons. The van der Waals surface area contributed by atoms with Crippen LogP contribution in [0.15, 0.2) is 4.79 Å². The van der Waals surface area contributed by atoms with Crippen molar-refractivity contribution in [1.82, 2.24) is 14.9 Å². The lowest BCUT2D eigenvalue weighted by Crippen LogP contribution is -2.40. The summed E-state index contributed by atoms with van der Waals surface area (Å²) in [6.07, 6.45) is 4.09. The van der Waals surface area contributed by atoms with Crippen LogP contribution in [0.1, 0.15) is 35.5 Å². The van der Waals surface area contributed by atoms with Crippen molar-refractivity contribution in [3.05, 3.63) is 26.6 Å². The van der Waals surface area contributed by atoms with Crippen molar-refractivity contribution in [2.24, 2.45) is 0 Å². The SMILES string of the molecule is Cc1sc2nc(CN3CCCCC3C=O)[nH]c(=O)c2c1C. The number of carbonyl (C=O) groups is 1. The van der Waals surface area contributed by atoms with Gasteiger partial charge in [-0.2, -0.15) is 0 Å². The molecule has 0 amide bonds. The van der Waals surface area contributed by atoms with Gasteiger partial charge in [0.2, 0.25) is 0 Å². The van der Waals surface area contributed by atoms with Crippen molar-refractivity contribution in [3.8, 4) is 0 Å². The quantitative estimate of drug-likeness (QED) is 0.883. The van der Waals surface area contributed by atoms with Crippen molar-refractivity contribution in [3.63, 3.8) is 0 Å². The molecule has 5 nitrogen and oxygen atoms in total. The fourth-order valence-corrected chi connectivity index (χ4v) is 3.98. The van der Waals surface area contributed by atoms with Crippen molar-refractivity contribution >= 4 is 27.8 Å². The van der Waals surface area contributed by atoms with Gasteiger partial charge in [0.25, 0.3) is 5.56 Å². The van der Waals surface area contributed by atoms with Gasteiger partial charge in [0.15, 0.2) is 0 Å². The Morgan fingerprint density at radius 3 is 3.00 bits per heavy atom. The van der Waals surface area contributed by atoms with Crippen LogP contribution in [0, 0.1) is 13.8 Å². The van der Waals surface area contributed by atoms with Crippen molar-refractivity contribution in [1.29, 1.82) is 0 Å². The summed E-state index contributed by atoms with van der Waals surface area (Å²) in [7, 11) is 0. The monoisotopic (exact) mass is 305 g/mol. The number of hydrogen-bond acceptors (Lipinski definition) is 5. The highest BCUT2D eigenvalue weighted by molar-refractivity contribution is 7.18. The van der Waals surface area contributed by atoms with Crippen LogP contribution in [0.3, 0.4) is 0 Å². The molecule has 1 aliphatic rings. The van der Waals surface area contributed by atoms with E-state index in [1.165, 1.54) is 0 Å². The molecule has 0 bridgehead atoms. The van der Waals surface area contributed by atoms with E-state index < -0.39 is 0 Å². The molecule has 0 aromatic carbocycles. The molecule has 6 heteroatoms. The summed E-state index contributed by atoms with van der Waals surface area (Å²) in [4.78, 5) is 34.9. The molecule has 2 aromatic heterocycles. The molecule has 112 valence electrons. The zero-order chi connectivity index (χ0) is 15.0. The van der Waals surface area contributed by atoms with Gasteiger partial charge < -0.3 is 9.78 Å². The number of hydrogen-bond donors (Lipinski definition) is 1.